The second-order valence-corrected chi connectivity index (χ2v) is 8.94. The molecule has 1 amide bonds. The van der Waals surface area contributed by atoms with Gasteiger partial charge in [-0.05, 0) is 79.3 Å². The van der Waals surface area contributed by atoms with Crippen LogP contribution in [0.25, 0.3) is 40.0 Å². The zero-order valence-corrected chi connectivity index (χ0v) is 21.0. The van der Waals surface area contributed by atoms with Crippen molar-refractivity contribution in [1.82, 2.24) is 10.3 Å². The average Bonchev–Trinajstić information content (AvgIpc) is 3.51. The third kappa shape index (κ3) is 5.61. The SMILES string of the molecule is Cc1ccc(-c2ccc(/C=C/C(=O)NC(=S)Nc3ccc4oc(-c5ccccc5F)nc4c3)o2)cc1Cl. The summed E-state index contributed by atoms with van der Waals surface area (Å²) in [5.41, 5.74) is 3.69. The van der Waals surface area contributed by atoms with Crippen molar-refractivity contribution in [2.24, 2.45) is 0 Å². The summed E-state index contributed by atoms with van der Waals surface area (Å²) in [4.78, 5) is 16.7. The molecule has 2 N–H and O–H groups in total. The van der Waals surface area contributed by atoms with Gasteiger partial charge in [-0.3, -0.25) is 10.1 Å². The molecule has 2 heterocycles. The second kappa shape index (κ2) is 10.4. The lowest BCUT2D eigenvalue weighted by Crippen LogP contribution is -2.32. The van der Waals surface area contributed by atoms with Crippen molar-refractivity contribution in [3.63, 3.8) is 0 Å². The number of thiocarbonyl (C=S) groups is 1. The maximum atomic E-state index is 14.1. The molecule has 0 aliphatic heterocycles. The number of halogens is 2. The summed E-state index contributed by atoms with van der Waals surface area (Å²) in [7, 11) is 0. The number of amides is 1. The molecule has 0 aliphatic rings. The van der Waals surface area contributed by atoms with Crippen LogP contribution >= 0.6 is 23.8 Å². The zero-order chi connectivity index (χ0) is 25.9. The molecule has 0 radical (unpaired) electrons. The van der Waals surface area contributed by atoms with Crippen LogP contribution in [0.2, 0.25) is 5.02 Å². The predicted octanol–water partition coefficient (Wildman–Crippen LogP) is 7.38. The molecule has 9 heteroatoms. The van der Waals surface area contributed by atoms with Gasteiger partial charge in [0.25, 0.3) is 0 Å². The van der Waals surface area contributed by atoms with Crippen LogP contribution in [0.3, 0.4) is 0 Å². The first kappa shape index (κ1) is 24.4. The second-order valence-electron chi connectivity index (χ2n) is 8.12. The third-order valence-electron chi connectivity index (χ3n) is 5.47. The third-order valence-corrected chi connectivity index (χ3v) is 6.08. The van der Waals surface area contributed by atoms with Crippen LogP contribution in [0.5, 0.6) is 0 Å². The number of aryl methyl sites for hydroxylation is 1. The minimum atomic E-state index is -0.432. The van der Waals surface area contributed by atoms with Gasteiger partial charge in [0.15, 0.2) is 10.7 Å². The highest BCUT2D eigenvalue weighted by molar-refractivity contribution is 7.80. The number of carbonyl (C=O) groups is 1. The molecular formula is C28H19ClFN3O3S. The molecule has 2 aromatic heterocycles. The molecule has 5 rings (SSSR count). The first-order valence-corrected chi connectivity index (χ1v) is 12.0. The fraction of sp³-hybridized carbons (Fsp3) is 0.0357. The van der Waals surface area contributed by atoms with E-state index in [2.05, 4.69) is 15.6 Å². The molecule has 0 saturated heterocycles. The molecule has 6 nitrogen and oxygen atoms in total. The van der Waals surface area contributed by atoms with Crippen LogP contribution in [0.1, 0.15) is 11.3 Å². The lowest BCUT2D eigenvalue weighted by atomic mass is 10.1. The normalized spacial score (nSPS) is 11.2. The summed E-state index contributed by atoms with van der Waals surface area (Å²) >= 11 is 11.4. The minimum Gasteiger partial charge on any atom is -0.457 e. The van der Waals surface area contributed by atoms with E-state index in [0.29, 0.717) is 33.3 Å². The van der Waals surface area contributed by atoms with Gasteiger partial charge in [-0.1, -0.05) is 35.9 Å². The highest BCUT2D eigenvalue weighted by Gasteiger charge is 2.13. The van der Waals surface area contributed by atoms with Crippen LogP contribution in [0.15, 0.2) is 87.7 Å². The molecule has 0 spiro atoms. The number of benzene rings is 3. The molecule has 5 aromatic rings. The summed E-state index contributed by atoms with van der Waals surface area (Å²) in [6.07, 6.45) is 2.86. The number of oxazole rings is 1. The standard InChI is InChI=1S/C28H19ClFN3O3S/c1-16-6-7-17(14-21(16)29)24-12-9-19(35-24)10-13-26(34)33-28(37)31-18-8-11-25-23(15-18)32-27(36-25)20-4-2-3-5-22(20)30/h2-15H,1H3,(H2,31,33,34,37)/b13-10+. The van der Waals surface area contributed by atoms with E-state index in [0.717, 1.165) is 11.1 Å². The van der Waals surface area contributed by atoms with E-state index >= 15 is 0 Å². The number of carbonyl (C=O) groups excluding carboxylic acids is 1. The van der Waals surface area contributed by atoms with E-state index in [1.54, 1.807) is 48.5 Å². The summed E-state index contributed by atoms with van der Waals surface area (Å²) in [5, 5.41) is 6.26. The summed E-state index contributed by atoms with van der Waals surface area (Å²) in [6.45, 7) is 1.93. The van der Waals surface area contributed by atoms with Crippen molar-refractivity contribution in [3.05, 3.63) is 101 Å². The molecule has 0 atom stereocenters. The summed E-state index contributed by atoms with van der Waals surface area (Å²) in [5.74, 6) is 0.467. The number of hydrogen-bond acceptors (Lipinski definition) is 5. The Morgan fingerprint density at radius 1 is 1.05 bits per heavy atom. The fourth-order valence-corrected chi connectivity index (χ4v) is 3.97. The van der Waals surface area contributed by atoms with Gasteiger partial charge >= 0.3 is 0 Å². The van der Waals surface area contributed by atoms with Gasteiger partial charge < -0.3 is 14.2 Å². The van der Waals surface area contributed by atoms with Gasteiger partial charge in [-0.25, -0.2) is 9.37 Å². The number of fused-ring (bicyclic) bond motifs is 1. The van der Waals surface area contributed by atoms with Crippen LogP contribution < -0.4 is 10.6 Å². The van der Waals surface area contributed by atoms with Crippen molar-refractivity contribution in [2.75, 3.05) is 5.32 Å². The van der Waals surface area contributed by atoms with Gasteiger partial charge in [0.1, 0.15) is 22.9 Å². The zero-order valence-electron chi connectivity index (χ0n) is 19.4. The highest BCUT2D eigenvalue weighted by atomic mass is 35.5. The molecule has 0 bridgehead atoms. The Balaban J connectivity index is 1.21. The Hall–Kier alpha value is -4.27. The van der Waals surface area contributed by atoms with E-state index in [9.17, 15) is 9.18 Å². The average molecular weight is 532 g/mol. The van der Waals surface area contributed by atoms with E-state index in [1.165, 1.54) is 12.1 Å². The van der Waals surface area contributed by atoms with Crippen LogP contribution in [0.4, 0.5) is 10.1 Å². The lowest BCUT2D eigenvalue weighted by molar-refractivity contribution is -0.115. The molecule has 37 heavy (non-hydrogen) atoms. The Morgan fingerprint density at radius 2 is 1.89 bits per heavy atom. The van der Waals surface area contributed by atoms with Crippen molar-refractivity contribution in [3.8, 4) is 22.8 Å². The maximum Gasteiger partial charge on any atom is 0.250 e. The van der Waals surface area contributed by atoms with Crippen LogP contribution in [-0.2, 0) is 4.79 Å². The van der Waals surface area contributed by atoms with E-state index in [4.69, 9.17) is 32.7 Å². The molecule has 0 fully saturated rings. The highest BCUT2D eigenvalue weighted by Crippen LogP contribution is 2.28. The molecule has 0 unspecified atom stereocenters. The summed E-state index contributed by atoms with van der Waals surface area (Å²) in [6, 6.07) is 20.6. The minimum absolute atomic E-state index is 0.0984. The molecule has 0 saturated carbocycles. The maximum absolute atomic E-state index is 14.1. The molecule has 184 valence electrons. The number of nitrogens with zero attached hydrogens (tertiary/aromatic N) is 1. The topological polar surface area (TPSA) is 80.3 Å². The van der Waals surface area contributed by atoms with E-state index in [-0.39, 0.29) is 16.6 Å². The summed E-state index contributed by atoms with van der Waals surface area (Å²) < 4.78 is 25.5. The smallest absolute Gasteiger partial charge is 0.250 e. The van der Waals surface area contributed by atoms with E-state index < -0.39 is 11.7 Å². The number of rotatable bonds is 5. The molecule has 3 aromatic carbocycles. The monoisotopic (exact) mass is 531 g/mol. The van der Waals surface area contributed by atoms with Gasteiger partial charge in [-0.2, -0.15) is 0 Å². The Labute approximate surface area is 221 Å². The predicted molar refractivity (Wildman–Crippen MR) is 147 cm³/mol. The first-order valence-electron chi connectivity index (χ1n) is 11.2. The first-order chi connectivity index (χ1) is 17.9. The van der Waals surface area contributed by atoms with Gasteiger partial charge in [-0.15, -0.1) is 0 Å². The number of furan rings is 1. The van der Waals surface area contributed by atoms with Gasteiger partial charge in [0.2, 0.25) is 11.8 Å². The van der Waals surface area contributed by atoms with Crippen molar-refractivity contribution >= 4 is 57.7 Å². The number of aromatic nitrogens is 1. The van der Waals surface area contributed by atoms with Gasteiger partial charge in [0, 0.05) is 22.3 Å². The number of hydrogen-bond donors (Lipinski definition) is 2. The van der Waals surface area contributed by atoms with Crippen molar-refractivity contribution in [1.29, 1.82) is 0 Å². The molecule has 0 aliphatic carbocycles. The number of anilines is 1. The largest absolute Gasteiger partial charge is 0.457 e. The lowest BCUT2D eigenvalue weighted by Gasteiger charge is -2.07. The fourth-order valence-electron chi connectivity index (χ4n) is 3.57. The van der Waals surface area contributed by atoms with Crippen molar-refractivity contribution < 1.29 is 18.0 Å². The Morgan fingerprint density at radius 3 is 2.70 bits per heavy atom. The molecular weight excluding hydrogens is 513 g/mol. The quantitative estimate of drug-likeness (QED) is 0.182. The van der Waals surface area contributed by atoms with E-state index in [1.807, 2.05) is 31.2 Å². The Kier molecular flexibility index (Phi) is 6.85. The van der Waals surface area contributed by atoms with Crippen LogP contribution in [0, 0.1) is 12.7 Å². The Bertz CT molecular complexity index is 1670. The van der Waals surface area contributed by atoms with Crippen molar-refractivity contribution in [2.45, 2.75) is 6.92 Å². The van der Waals surface area contributed by atoms with Gasteiger partial charge in [0.05, 0.1) is 5.56 Å². The van der Waals surface area contributed by atoms with Crippen LogP contribution in [-0.4, -0.2) is 16.0 Å². The number of nitrogens with one attached hydrogen (secondary N) is 2.